The fourth-order valence-electron chi connectivity index (χ4n) is 3.16. The zero-order chi connectivity index (χ0) is 23.2. The minimum Gasteiger partial charge on any atom is -0.438 e. The minimum atomic E-state index is -6.37. The highest BCUT2D eigenvalue weighted by atomic mass is 32.2. The van der Waals surface area contributed by atoms with Gasteiger partial charge < -0.3 is 9.47 Å². The van der Waals surface area contributed by atoms with E-state index in [1.807, 2.05) is 0 Å². The van der Waals surface area contributed by atoms with Crippen LogP contribution in [0.1, 0.15) is 17.2 Å². The van der Waals surface area contributed by atoms with Crippen molar-refractivity contribution in [3.63, 3.8) is 0 Å². The van der Waals surface area contributed by atoms with E-state index >= 15 is 0 Å². The second-order valence-electron chi connectivity index (χ2n) is 6.88. The smallest absolute Gasteiger partial charge is 0.438 e. The third-order valence-corrected chi connectivity index (χ3v) is 5.42. The van der Waals surface area contributed by atoms with Crippen LogP contribution in [0.4, 0.5) is 26.3 Å². The third kappa shape index (κ3) is 4.77. The molecule has 1 fully saturated rings. The highest BCUT2D eigenvalue weighted by molar-refractivity contribution is 7.85. The zero-order valence-corrected chi connectivity index (χ0v) is 16.1. The van der Waals surface area contributed by atoms with Gasteiger partial charge in [0.05, 0.1) is 13.0 Å². The first-order valence-corrected chi connectivity index (χ1v) is 10.2. The summed E-state index contributed by atoms with van der Waals surface area (Å²) in [6.45, 7) is 0.445. The Morgan fingerprint density at radius 1 is 1.03 bits per heavy atom. The molecule has 2 aromatic rings. The van der Waals surface area contributed by atoms with Gasteiger partial charge in [-0.1, -0.05) is 36.4 Å². The van der Waals surface area contributed by atoms with Crippen LogP contribution in [0.25, 0.3) is 10.8 Å². The van der Waals surface area contributed by atoms with Gasteiger partial charge in [0.25, 0.3) is 10.1 Å². The second kappa shape index (κ2) is 7.64. The van der Waals surface area contributed by atoms with Crippen molar-refractivity contribution in [2.45, 2.75) is 30.5 Å². The first-order valence-electron chi connectivity index (χ1n) is 8.57. The van der Waals surface area contributed by atoms with Gasteiger partial charge >= 0.3 is 23.9 Å². The molecule has 1 unspecified atom stereocenters. The lowest BCUT2D eigenvalue weighted by Gasteiger charge is -2.35. The van der Waals surface area contributed by atoms with Crippen molar-refractivity contribution < 1.29 is 53.6 Å². The molecule has 0 aromatic heterocycles. The number of carbonyl (C=O) groups is 1. The van der Waals surface area contributed by atoms with Crippen LogP contribution >= 0.6 is 0 Å². The molecular weight excluding hydrogens is 458 g/mol. The molecule has 0 amide bonds. The van der Waals surface area contributed by atoms with Crippen LogP contribution in [0.3, 0.4) is 0 Å². The first kappa shape index (κ1) is 23.3. The maximum Gasteiger partial charge on any atom is 0.438 e. The maximum absolute atomic E-state index is 13.3. The summed E-state index contributed by atoms with van der Waals surface area (Å²) in [6, 6.07) is 9.25. The highest BCUT2D eigenvalue weighted by Gasteiger charge is 2.75. The molecule has 3 rings (SSSR count). The average Bonchev–Trinajstić information content (AvgIpc) is 3.43. The fraction of sp³-hybridized carbons (Fsp3) is 0.389. The Morgan fingerprint density at radius 2 is 1.58 bits per heavy atom. The predicted molar refractivity (Wildman–Crippen MR) is 93.7 cm³/mol. The lowest BCUT2D eigenvalue weighted by molar-refractivity contribution is -0.361. The van der Waals surface area contributed by atoms with Crippen molar-refractivity contribution in [2.75, 3.05) is 12.4 Å². The van der Waals surface area contributed by atoms with Gasteiger partial charge in [-0.3, -0.25) is 9.35 Å². The quantitative estimate of drug-likeness (QED) is 0.298. The molecule has 1 N–H and O–H groups in total. The van der Waals surface area contributed by atoms with Gasteiger partial charge in [-0.15, -0.1) is 0 Å². The van der Waals surface area contributed by atoms with Crippen molar-refractivity contribution >= 4 is 26.9 Å². The molecule has 1 atom stereocenters. The Balaban J connectivity index is 1.98. The lowest BCUT2D eigenvalue weighted by atomic mass is 9.96. The Morgan fingerprint density at radius 3 is 2.06 bits per heavy atom. The van der Waals surface area contributed by atoms with E-state index < -0.39 is 46.2 Å². The number of ether oxygens (including phenoxy) is 2. The molecule has 6 nitrogen and oxygen atoms in total. The number of esters is 1. The number of carbonyl (C=O) groups excluding carboxylic acids is 1. The third-order valence-electron chi connectivity index (χ3n) is 4.65. The standard InChI is InChI=1S/C18H14F6O6S/c19-17(20,21)16(18(22,23)24,9-31(26,27)28)30-15(25)7-10-5-6-13(14-8-29-14)12-4-2-1-3-11(10)12/h1-6,14H,7-9H2,(H,26,27,28). The Labute approximate surface area is 171 Å². The second-order valence-corrected chi connectivity index (χ2v) is 8.33. The van der Waals surface area contributed by atoms with Crippen molar-refractivity contribution in [3.8, 4) is 0 Å². The summed E-state index contributed by atoms with van der Waals surface area (Å²) in [4.78, 5) is 12.2. The lowest BCUT2D eigenvalue weighted by Crippen LogP contribution is -2.63. The molecule has 0 spiro atoms. The molecule has 13 heteroatoms. The molecule has 1 aliphatic rings. The SMILES string of the molecule is O=C(Cc1ccc(C2CO2)c2ccccc12)OC(CS(=O)(=O)O)(C(F)(F)F)C(F)(F)F. The molecule has 1 saturated heterocycles. The largest absolute Gasteiger partial charge is 0.438 e. The van der Waals surface area contributed by atoms with E-state index in [0.29, 0.717) is 17.4 Å². The van der Waals surface area contributed by atoms with Crippen LogP contribution in [0.5, 0.6) is 0 Å². The van der Waals surface area contributed by atoms with E-state index in [1.165, 1.54) is 18.2 Å². The molecule has 31 heavy (non-hydrogen) atoms. The molecule has 1 aliphatic heterocycles. The van der Waals surface area contributed by atoms with Gasteiger partial charge in [0, 0.05) is 0 Å². The van der Waals surface area contributed by atoms with Crippen LogP contribution in [-0.2, 0) is 30.8 Å². The molecular formula is C18H14F6O6S. The number of alkyl halides is 6. The van der Waals surface area contributed by atoms with Gasteiger partial charge in [0.2, 0.25) is 0 Å². The minimum absolute atomic E-state index is 0.0649. The predicted octanol–water partition coefficient (Wildman–Crippen LogP) is 3.75. The van der Waals surface area contributed by atoms with Crippen molar-refractivity contribution in [3.05, 3.63) is 47.5 Å². The van der Waals surface area contributed by atoms with Crippen LogP contribution in [0, 0.1) is 0 Å². The van der Waals surface area contributed by atoms with Crippen LogP contribution in [-0.4, -0.2) is 49.3 Å². The number of hydrogen-bond donors (Lipinski definition) is 1. The number of hydrogen-bond acceptors (Lipinski definition) is 5. The summed E-state index contributed by atoms with van der Waals surface area (Å²) in [7, 11) is -5.84. The Kier molecular flexibility index (Phi) is 5.74. The number of epoxide rings is 1. The monoisotopic (exact) mass is 472 g/mol. The molecule has 170 valence electrons. The van der Waals surface area contributed by atoms with Crippen molar-refractivity contribution in [1.82, 2.24) is 0 Å². The summed E-state index contributed by atoms with van der Waals surface area (Å²) in [5.74, 6) is -4.89. The zero-order valence-electron chi connectivity index (χ0n) is 15.3. The molecule has 2 aromatic carbocycles. The van der Waals surface area contributed by atoms with Crippen LogP contribution in [0.15, 0.2) is 36.4 Å². The summed E-state index contributed by atoms with van der Waals surface area (Å²) < 4.78 is 119. The van der Waals surface area contributed by atoms with E-state index in [2.05, 4.69) is 4.74 Å². The number of fused-ring (bicyclic) bond motifs is 1. The molecule has 0 bridgehead atoms. The van der Waals surface area contributed by atoms with Gasteiger partial charge in [-0.25, -0.2) is 0 Å². The fourth-order valence-corrected chi connectivity index (χ4v) is 4.06. The highest BCUT2D eigenvalue weighted by Crippen LogP contribution is 2.47. The van der Waals surface area contributed by atoms with Gasteiger partial charge in [-0.05, 0) is 21.9 Å². The Bertz CT molecular complexity index is 1090. The molecule has 1 heterocycles. The van der Waals surface area contributed by atoms with E-state index in [9.17, 15) is 39.6 Å². The van der Waals surface area contributed by atoms with E-state index in [0.717, 1.165) is 5.56 Å². The molecule has 0 radical (unpaired) electrons. The summed E-state index contributed by atoms with van der Waals surface area (Å²) >= 11 is 0. The summed E-state index contributed by atoms with van der Waals surface area (Å²) in [5.41, 5.74) is -4.63. The van der Waals surface area contributed by atoms with Crippen LogP contribution in [0.2, 0.25) is 0 Å². The number of rotatable bonds is 6. The first-order chi connectivity index (χ1) is 14.1. The maximum atomic E-state index is 13.3. The van der Waals surface area contributed by atoms with Gasteiger partial charge in [0.1, 0.15) is 11.9 Å². The van der Waals surface area contributed by atoms with Crippen LogP contribution < -0.4 is 0 Å². The molecule has 0 aliphatic carbocycles. The Hall–Kier alpha value is -2.38. The number of halogens is 6. The topological polar surface area (TPSA) is 93.2 Å². The van der Waals surface area contributed by atoms with E-state index in [-0.39, 0.29) is 11.7 Å². The van der Waals surface area contributed by atoms with Crippen molar-refractivity contribution in [1.29, 1.82) is 0 Å². The van der Waals surface area contributed by atoms with Gasteiger partial charge in [0.15, 0.2) is 0 Å². The van der Waals surface area contributed by atoms with E-state index in [1.54, 1.807) is 18.2 Å². The average molecular weight is 472 g/mol. The summed E-state index contributed by atoms with van der Waals surface area (Å²) in [6.07, 6.45) is -14.0. The molecule has 0 saturated carbocycles. The van der Waals surface area contributed by atoms with Crippen molar-refractivity contribution in [2.24, 2.45) is 0 Å². The van der Waals surface area contributed by atoms with E-state index in [4.69, 9.17) is 9.29 Å². The van der Waals surface area contributed by atoms with Gasteiger partial charge in [-0.2, -0.15) is 34.8 Å². The number of benzene rings is 2. The normalized spacial score (nSPS) is 17.6. The summed E-state index contributed by atoms with van der Waals surface area (Å²) in [5, 5.41) is 0.970.